The third kappa shape index (κ3) is 5.28. The average Bonchev–Trinajstić information content (AvgIpc) is 2.74. The van der Waals surface area contributed by atoms with Crippen molar-refractivity contribution < 1.29 is 14.3 Å². The number of hydrogen-bond donors (Lipinski definition) is 1. The van der Waals surface area contributed by atoms with E-state index in [1.807, 2.05) is 37.3 Å². The molecule has 148 valence electrons. The Hall–Kier alpha value is -2.95. The Morgan fingerprint density at radius 1 is 1.07 bits per heavy atom. The number of nitrogens with zero attached hydrogens (tertiary/aromatic N) is 1. The van der Waals surface area contributed by atoms with Crippen LogP contribution in [0.1, 0.15) is 31.7 Å². The van der Waals surface area contributed by atoms with E-state index in [0.29, 0.717) is 18.1 Å². The summed E-state index contributed by atoms with van der Waals surface area (Å²) < 4.78 is 10.8. The molecule has 1 N–H and O–H groups in total. The average molecular weight is 380 g/mol. The molecule has 0 unspecified atom stereocenters. The smallest absolute Gasteiger partial charge is 0.248 e. The molecule has 28 heavy (non-hydrogen) atoms. The number of piperidine rings is 1. The van der Waals surface area contributed by atoms with Gasteiger partial charge in [-0.25, -0.2) is 0 Å². The van der Waals surface area contributed by atoms with E-state index in [1.165, 1.54) is 31.0 Å². The van der Waals surface area contributed by atoms with Crippen molar-refractivity contribution >= 4 is 23.4 Å². The van der Waals surface area contributed by atoms with Crippen molar-refractivity contribution in [1.82, 2.24) is 0 Å². The van der Waals surface area contributed by atoms with Crippen LogP contribution in [0.15, 0.2) is 48.5 Å². The quantitative estimate of drug-likeness (QED) is 0.705. The summed E-state index contributed by atoms with van der Waals surface area (Å²) in [5.74, 6) is 1.18. The van der Waals surface area contributed by atoms with Crippen LogP contribution >= 0.6 is 0 Å². The molecule has 1 amide bonds. The van der Waals surface area contributed by atoms with Crippen molar-refractivity contribution in [3.05, 3.63) is 54.1 Å². The molecule has 0 saturated carbocycles. The second-order valence-electron chi connectivity index (χ2n) is 6.76. The van der Waals surface area contributed by atoms with Crippen LogP contribution < -0.4 is 19.7 Å². The van der Waals surface area contributed by atoms with Gasteiger partial charge in [-0.2, -0.15) is 0 Å². The highest BCUT2D eigenvalue weighted by Gasteiger charge is 2.10. The minimum absolute atomic E-state index is 0.168. The van der Waals surface area contributed by atoms with Crippen molar-refractivity contribution in [1.29, 1.82) is 0 Å². The van der Waals surface area contributed by atoms with Gasteiger partial charge in [-0.3, -0.25) is 4.79 Å². The third-order valence-electron chi connectivity index (χ3n) is 4.77. The molecule has 1 saturated heterocycles. The molecule has 0 bridgehead atoms. The number of hydrogen-bond acceptors (Lipinski definition) is 4. The molecule has 5 nitrogen and oxygen atoms in total. The van der Waals surface area contributed by atoms with E-state index in [-0.39, 0.29) is 5.91 Å². The number of carbonyl (C=O) groups excluding carboxylic acids is 1. The predicted molar refractivity (Wildman–Crippen MR) is 114 cm³/mol. The highest BCUT2D eigenvalue weighted by atomic mass is 16.5. The lowest BCUT2D eigenvalue weighted by Crippen LogP contribution is -2.29. The molecule has 0 aliphatic carbocycles. The first-order chi connectivity index (χ1) is 13.7. The Morgan fingerprint density at radius 2 is 1.82 bits per heavy atom. The SMILES string of the molecule is CCOc1ccc(C=CC(=O)Nc2ccc(N3CCCCC3)cc2)cc1OC. The maximum Gasteiger partial charge on any atom is 0.248 e. The van der Waals surface area contributed by atoms with Gasteiger partial charge in [0.2, 0.25) is 5.91 Å². The van der Waals surface area contributed by atoms with Gasteiger partial charge < -0.3 is 19.7 Å². The Morgan fingerprint density at radius 3 is 2.50 bits per heavy atom. The van der Waals surface area contributed by atoms with Crippen LogP contribution in [0, 0.1) is 0 Å². The zero-order valence-electron chi connectivity index (χ0n) is 16.6. The molecule has 0 aromatic heterocycles. The normalized spacial score (nSPS) is 14.1. The predicted octanol–water partition coefficient (Wildman–Crippen LogP) is 4.74. The largest absolute Gasteiger partial charge is 0.493 e. The lowest BCUT2D eigenvalue weighted by Gasteiger charge is -2.28. The molecule has 0 radical (unpaired) electrons. The molecule has 0 atom stereocenters. The van der Waals surface area contributed by atoms with Crippen LogP contribution in [0.25, 0.3) is 6.08 Å². The van der Waals surface area contributed by atoms with Crippen LogP contribution in [0.3, 0.4) is 0 Å². The number of benzene rings is 2. The maximum absolute atomic E-state index is 12.2. The number of carbonyl (C=O) groups is 1. The first-order valence-corrected chi connectivity index (χ1v) is 9.84. The van der Waals surface area contributed by atoms with Crippen molar-refractivity contribution in [2.24, 2.45) is 0 Å². The second kappa shape index (κ2) is 9.83. The van der Waals surface area contributed by atoms with E-state index in [0.717, 1.165) is 24.3 Å². The van der Waals surface area contributed by atoms with Crippen LogP contribution in [-0.2, 0) is 4.79 Å². The van der Waals surface area contributed by atoms with Crippen molar-refractivity contribution in [3.8, 4) is 11.5 Å². The van der Waals surface area contributed by atoms with Gasteiger partial charge >= 0.3 is 0 Å². The summed E-state index contributed by atoms with van der Waals surface area (Å²) in [5, 5.41) is 2.90. The molecule has 1 fully saturated rings. The van der Waals surface area contributed by atoms with Gasteiger partial charge in [0.05, 0.1) is 13.7 Å². The van der Waals surface area contributed by atoms with Crippen LogP contribution in [0.4, 0.5) is 11.4 Å². The van der Waals surface area contributed by atoms with Gasteiger partial charge in [0.15, 0.2) is 11.5 Å². The highest BCUT2D eigenvalue weighted by Crippen LogP contribution is 2.28. The number of methoxy groups -OCH3 is 1. The molecular weight excluding hydrogens is 352 g/mol. The van der Waals surface area contributed by atoms with Gasteiger partial charge in [0, 0.05) is 30.5 Å². The summed E-state index contributed by atoms with van der Waals surface area (Å²) in [6.45, 7) is 4.72. The topological polar surface area (TPSA) is 50.8 Å². The van der Waals surface area contributed by atoms with Gasteiger partial charge in [-0.1, -0.05) is 6.07 Å². The first kappa shape index (κ1) is 19.8. The summed E-state index contributed by atoms with van der Waals surface area (Å²) in [4.78, 5) is 14.6. The zero-order valence-corrected chi connectivity index (χ0v) is 16.6. The minimum Gasteiger partial charge on any atom is -0.493 e. The van der Waals surface area contributed by atoms with Crippen molar-refractivity contribution in [2.45, 2.75) is 26.2 Å². The van der Waals surface area contributed by atoms with E-state index >= 15 is 0 Å². The van der Waals surface area contributed by atoms with E-state index in [2.05, 4.69) is 22.3 Å². The van der Waals surface area contributed by atoms with Gasteiger partial charge in [-0.05, 0) is 74.2 Å². The number of nitrogens with one attached hydrogen (secondary N) is 1. The van der Waals surface area contributed by atoms with E-state index in [4.69, 9.17) is 9.47 Å². The molecular formula is C23H28N2O3. The van der Waals surface area contributed by atoms with Crippen LogP contribution in [-0.4, -0.2) is 32.7 Å². The standard InChI is InChI=1S/C23H28N2O3/c1-3-28-21-13-7-18(17-22(21)27-2)8-14-23(26)24-19-9-11-20(12-10-19)25-15-5-4-6-16-25/h7-14,17H,3-6,15-16H2,1-2H3,(H,24,26). The maximum atomic E-state index is 12.2. The van der Waals surface area contributed by atoms with Crippen molar-refractivity contribution in [3.63, 3.8) is 0 Å². The number of ether oxygens (including phenoxy) is 2. The fourth-order valence-electron chi connectivity index (χ4n) is 3.33. The van der Waals surface area contributed by atoms with E-state index < -0.39 is 0 Å². The lowest BCUT2D eigenvalue weighted by atomic mass is 10.1. The van der Waals surface area contributed by atoms with Crippen LogP contribution in [0.2, 0.25) is 0 Å². The molecule has 1 aliphatic heterocycles. The minimum atomic E-state index is -0.168. The summed E-state index contributed by atoms with van der Waals surface area (Å²) in [5.41, 5.74) is 2.88. The molecule has 3 rings (SSSR count). The summed E-state index contributed by atoms with van der Waals surface area (Å²) >= 11 is 0. The monoisotopic (exact) mass is 380 g/mol. The molecule has 1 aliphatic rings. The molecule has 2 aromatic rings. The molecule has 2 aromatic carbocycles. The molecule has 0 spiro atoms. The fourth-order valence-corrected chi connectivity index (χ4v) is 3.33. The molecule has 1 heterocycles. The van der Waals surface area contributed by atoms with Gasteiger partial charge in [-0.15, -0.1) is 0 Å². The zero-order chi connectivity index (χ0) is 19.8. The highest BCUT2D eigenvalue weighted by molar-refractivity contribution is 6.02. The Balaban J connectivity index is 1.59. The number of anilines is 2. The summed E-state index contributed by atoms with van der Waals surface area (Å²) in [6.07, 6.45) is 7.10. The second-order valence-corrected chi connectivity index (χ2v) is 6.76. The number of rotatable bonds is 7. The first-order valence-electron chi connectivity index (χ1n) is 9.84. The Kier molecular flexibility index (Phi) is 6.95. The third-order valence-corrected chi connectivity index (χ3v) is 4.77. The number of amides is 1. The van der Waals surface area contributed by atoms with Crippen molar-refractivity contribution in [2.75, 3.05) is 37.0 Å². The van der Waals surface area contributed by atoms with Crippen LogP contribution in [0.5, 0.6) is 11.5 Å². The summed E-state index contributed by atoms with van der Waals surface area (Å²) in [7, 11) is 1.60. The van der Waals surface area contributed by atoms with Gasteiger partial charge in [0.1, 0.15) is 0 Å². The fraction of sp³-hybridized carbons (Fsp3) is 0.348. The molecule has 5 heteroatoms. The summed E-state index contributed by atoms with van der Waals surface area (Å²) in [6, 6.07) is 13.6. The van der Waals surface area contributed by atoms with E-state index in [1.54, 1.807) is 13.2 Å². The Bertz CT molecular complexity index is 809. The van der Waals surface area contributed by atoms with Gasteiger partial charge in [0.25, 0.3) is 0 Å². The lowest BCUT2D eigenvalue weighted by molar-refractivity contribution is -0.111. The van der Waals surface area contributed by atoms with E-state index in [9.17, 15) is 4.79 Å². The Labute approximate surface area is 167 Å².